The first-order valence-electron chi connectivity index (χ1n) is 6.16. The first kappa shape index (κ1) is 14.8. The van der Waals surface area contributed by atoms with Gasteiger partial charge < -0.3 is 5.11 Å². The molecule has 0 saturated carbocycles. The average molecular weight is 304 g/mol. The number of likely N-dealkylation sites (N-methyl/N-ethyl adjacent to an activating group) is 1. The van der Waals surface area contributed by atoms with E-state index in [-0.39, 0.29) is 23.6 Å². The lowest BCUT2D eigenvalue weighted by atomic mass is 10.0. The summed E-state index contributed by atoms with van der Waals surface area (Å²) in [5.74, 6) is -0.139. The predicted octanol–water partition coefficient (Wildman–Crippen LogP) is 1.49. The molecule has 0 aromatic heterocycles. The third kappa shape index (κ3) is 3.28. The number of aliphatic hydroxyl groups is 1. The summed E-state index contributed by atoms with van der Waals surface area (Å²) >= 11 is 5.96. The zero-order chi connectivity index (χ0) is 14.2. The minimum absolute atomic E-state index is 0.00773. The third-order valence-electron chi connectivity index (χ3n) is 3.76. The summed E-state index contributed by atoms with van der Waals surface area (Å²) in [6.45, 7) is 1.98. The number of sulfone groups is 1. The van der Waals surface area contributed by atoms with Gasteiger partial charge in [0.05, 0.1) is 23.7 Å². The highest BCUT2D eigenvalue weighted by Crippen LogP contribution is 2.27. The highest BCUT2D eigenvalue weighted by Gasteiger charge is 2.40. The van der Waals surface area contributed by atoms with Gasteiger partial charge in [-0.1, -0.05) is 23.7 Å². The van der Waals surface area contributed by atoms with E-state index in [9.17, 15) is 13.5 Å². The van der Waals surface area contributed by atoms with Crippen molar-refractivity contribution in [2.45, 2.75) is 25.1 Å². The summed E-state index contributed by atoms with van der Waals surface area (Å²) in [7, 11) is -1.30. The summed E-state index contributed by atoms with van der Waals surface area (Å²) in [6, 6.07) is 7.10. The van der Waals surface area contributed by atoms with E-state index in [0.717, 1.165) is 5.56 Å². The summed E-state index contributed by atoms with van der Waals surface area (Å²) in [5.41, 5.74) is 1.01. The summed E-state index contributed by atoms with van der Waals surface area (Å²) in [5, 5.41) is 10.5. The Morgan fingerprint density at radius 1 is 1.42 bits per heavy atom. The molecule has 1 aromatic rings. The monoisotopic (exact) mass is 303 g/mol. The van der Waals surface area contributed by atoms with Crippen molar-refractivity contribution in [3.63, 3.8) is 0 Å². The zero-order valence-corrected chi connectivity index (χ0v) is 12.5. The fraction of sp³-hybridized carbons (Fsp3) is 0.538. The van der Waals surface area contributed by atoms with Gasteiger partial charge in [0.25, 0.3) is 0 Å². The lowest BCUT2D eigenvalue weighted by molar-refractivity contribution is 0.0777. The van der Waals surface area contributed by atoms with Crippen LogP contribution in [0.2, 0.25) is 5.02 Å². The lowest BCUT2D eigenvalue weighted by Gasteiger charge is -2.32. The van der Waals surface area contributed by atoms with E-state index in [2.05, 4.69) is 0 Å². The van der Waals surface area contributed by atoms with Gasteiger partial charge in [-0.3, -0.25) is 4.90 Å². The molecule has 106 valence electrons. The van der Waals surface area contributed by atoms with Crippen molar-refractivity contribution in [3.05, 3.63) is 34.9 Å². The standard InChI is InChI=1S/C13H18ClNO3S/c1-9(10-4-3-5-11(14)6-10)15(2)12-7-19(17,18)8-13(12)16/h3-6,9,12-13,16H,7-8H2,1-2H3. The Morgan fingerprint density at radius 2 is 2.11 bits per heavy atom. The smallest absolute Gasteiger partial charge is 0.154 e. The topological polar surface area (TPSA) is 57.6 Å². The molecule has 19 heavy (non-hydrogen) atoms. The number of aliphatic hydroxyl groups excluding tert-OH is 1. The Kier molecular flexibility index (Phi) is 4.20. The van der Waals surface area contributed by atoms with Gasteiger partial charge in [-0.2, -0.15) is 0 Å². The van der Waals surface area contributed by atoms with Crippen molar-refractivity contribution >= 4 is 21.4 Å². The quantitative estimate of drug-likeness (QED) is 0.919. The zero-order valence-electron chi connectivity index (χ0n) is 11.0. The number of rotatable bonds is 3. The van der Waals surface area contributed by atoms with Gasteiger partial charge in [0.15, 0.2) is 9.84 Å². The van der Waals surface area contributed by atoms with Crippen LogP contribution in [0.5, 0.6) is 0 Å². The van der Waals surface area contributed by atoms with Crippen LogP contribution in [0.3, 0.4) is 0 Å². The molecule has 1 saturated heterocycles. The Labute approximate surface area is 118 Å². The molecule has 0 radical (unpaired) electrons. The van der Waals surface area contributed by atoms with Crippen LogP contribution in [-0.4, -0.2) is 49.1 Å². The van der Waals surface area contributed by atoms with Crippen molar-refractivity contribution in [1.29, 1.82) is 0 Å². The second kappa shape index (κ2) is 5.40. The number of hydrogen-bond acceptors (Lipinski definition) is 4. The minimum atomic E-state index is -3.13. The minimum Gasteiger partial charge on any atom is -0.390 e. The Bertz CT molecular complexity index is 561. The van der Waals surface area contributed by atoms with Crippen molar-refractivity contribution in [2.75, 3.05) is 18.6 Å². The molecular formula is C13H18ClNO3S. The maximum atomic E-state index is 11.6. The molecule has 4 nitrogen and oxygen atoms in total. The van der Waals surface area contributed by atoms with Crippen LogP contribution >= 0.6 is 11.6 Å². The van der Waals surface area contributed by atoms with Crippen LogP contribution < -0.4 is 0 Å². The van der Waals surface area contributed by atoms with E-state index >= 15 is 0 Å². The Balaban J connectivity index is 2.18. The molecule has 6 heteroatoms. The molecule has 0 amide bonds. The molecule has 3 unspecified atom stereocenters. The van der Waals surface area contributed by atoms with Crippen molar-refractivity contribution in [1.82, 2.24) is 4.90 Å². The van der Waals surface area contributed by atoms with Gasteiger partial charge in [-0.05, 0) is 31.7 Å². The predicted molar refractivity (Wildman–Crippen MR) is 76.1 cm³/mol. The molecule has 1 aromatic carbocycles. The van der Waals surface area contributed by atoms with Gasteiger partial charge in [-0.25, -0.2) is 8.42 Å². The van der Waals surface area contributed by atoms with Gasteiger partial charge in [0.1, 0.15) is 0 Å². The Morgan fingerprint density at radius 3 is 2.63 bits per heavy atom. The van der Waals surface area contributed by atoms with Gasteiger partial charge >= 0.3 is 0 Å². The highest BCUT2D eigenvalue weighted by molar-refractivity contribution is 7.91. The third-order valence-corrected chi connectivity index (χ3v) is 5.69. The number of halogens is 1. The first-order valence-corrected chi connectivity index (χ1v) is 8.36. The van der Waals surface area contributed by atoms with Crippen LogP contribution in [0.15, 0.2) is 24.3 Å². The molecule has 0 aliphatic carbocycles. The number of benzene rings is 1. The summed E-state index contributed by atoms with van der Waals surface area (Å²) in [6.07, 6.45) is -0.823. The molecular weight excluding hydrogens is 286 g/mol. The Hall–Kier alpha value is -0.620. The molecule has 1 fully saturated rings. The summed E-state index contributed by atoms with van der Waals surface area (Å²) < 4.78 is 23.1. The van der Waals surface area contributed by atoms with E-state index in [0.29, 0.717) is 5.02 Å². The van der Waals surface area contributed by atoms with Crippen molar-refractivity contribution in [3.8, 4) is 0 Å². The molecule has 1 heterocycles. The van der Waals surface area contributed by atoms with Crippen LogP contribution in [0.4, 0.5) is 0 Å². The highest BCUT2D eigenvalue weighted by atomic mass is 35.5. The van der Waals surface area contributed by atoms with E-state index in [4.69, 9.17) is 11.6 Å². The fourth-order valence-electron chi connectivity index (χ4n) is 2.49. The molecule has 2 rings (SSSR count). The molecule has 1 aliphatic heterocycles. The largest absolute Gasteiger partial charge is 0.390 e. The van der Waals surface area contributed by atoms with Crippen LogP contribution in [-0.2, 0) is 9.84 Å². The molecule has 1 aliphatic rings. The lowest BCUT2D eigenvalue weighted by Crippen LogP contribution is -2.41. The first-order chi connectivity index (χ1) is 8.80. The van der Waals surface area contributed by atoms with E-state index in [1.807, 2.05) is 37.1 Å². The maximum Gasteiger partial charge on any atom is 0.154 e. The van der Waals surface area contributed by atoms with Crippen LogP contribution in [0, 0.1) is 0 Å². The van der Waals surface area contributed by atoms with Crippen molar-refractivity contribution < 1.29 is 13.5 Å². The van der Waals surface area contributed by atoms with Crippen LogP contribution in [0.25, 0.3) is 0 Å². The van der Waals surface area contributed by atoms with Crippen LogP contribution in [0.1, 0.15) is 18.5 Å². The second-order valence-electron chi connectivity index (χ2n) is 5.11. The SMILES string of the molecule is CC(c1cccc(Cl)c1)N(C)C1CS(=O)(=O)CC1O. The maximum absolute atomic E-state index is 11.6. The van der Waals surface area contributed by atoms with E-state index in [1.54, 1.807) is 6.07 Å². The van der Waals surface area contributed by atoms with Gasteiger partial charge in [0, 0.05) is 11.1 Å². The van der Waals surface area contributed by atoms with E-state index < -0.39 is 15.9 Å². The molecule has 1 N–H and O–H groups in total. The molecule has 0 spiro atoms. The number of hydrogen-bond donors (Lipinski definition) is 1. The van der Waals surface area contributed by atoms with E-state index in [1.165, 1.54) is 0 Å². The molecule has 3 atom stereocenters. The van der Waals surface area contributed by atoms with Crippen molar-refractivity contribution in [2.24, 2.45) is 0 Å². The summed E-state index contributed by atoms with van der Waals surface area (Å²) in [4.78, 5) is 1.90. The normalized spacial score (nSPS) is 27.6. The molecule has 0 bridgehead atoms. The van der Waals surface area contributed by atoms with Gasteiger partial charge in [-0.15, -0.1) is 0 Å². The van der Waals surface area contributed by atoms with Gasteiger partial charge in [0.2, 0.25) is 0 Å². The average Bonchev–Trinajstić information content (AvgIpc) is 2.61. The second-order valence-corrected chi connectivity index (χ2v) is 7.70. The fourth-order valence-corrected chi connectivity index (χ4v) is 4.54. The number of nitrogens with zero attached hydrogens (tertiary/aromatic N) is 1.